The Balaban J connectivity index is 1.61. The van der Waals surface area contributed by atoms with E-state index in [1.165, 1.54) is 22.9 Å². The fourth-order valence-corrected chi connectivity index (χ4v) is 3.98. The van der Waals surface area contributed by atoms with Crippen LogP contribution < -0.4 is 5.73 Å². The molecule has 0 spiro atoms. The van der Waals surface area contributed by atoms with Crippen molar-refractivity contribution in [2.45, 2.75) is 31.8 Å². The summed E-state index contributed by atoms with van der Waals surface area (Å²) in [4.78, 5) is 29.9. The van der Waals surface area contributed by atoms with Crippen LogP contribution in [-0.4, -0.2) is 45.1 Å². The molecule has 0 aliphatic carbocycles. The van der Waals surface area contributed by atoms with Crippen molar-refractivity contribution in [2.24, 2.45) is 11.7 Å². The van der Waals surface area contributed by atoms with Crippen LogP contribution >= 0.6 is 11.8 Å². The molecule has 2 heterocycles. The number of nitrogens with two attached hydrogens (primary N) is 1. The first kappa shape index (κ1) is 18.5. The predicted molar refractivity (Wildman–Crippen MR) is 102 cm³/mol. The molecule has 1 aromatic carbocycles. The lowest BCUT2D eigenvalue weighted by molar-refractivity contribution is -0.132. The maximum Gasteiger partial charge on any atom is 0.233 e. The van der Waals surface area contributed by atoms with Gasteiger partial charge in [0.05, 0.1) is 5.75 Å². The Labute approximate surface area is 157 Å². The fourth-order valence-electron chi connectivity index (χ4n) is 3.10. The van der Waals surface area contributed by atoms with E-state index in [9.17, 15) is 9.59 Å². The zero-order chi connectivity index (χ0) is 18.7. The summed E-state index contributed by atoms with van der Waals surface area (Å²) in [5, 5.41) is 0.800. The Morgan fingerprint density at radius 1 is 1.23 bits per heavy atom. The molecule has 1 fully saturated rings. The molecule has 7 heteroatoms. The lowest BCUT2D eigenvalue weighted by atomic mass is 9.96. The summed E-state index contributed by atoms with van der Waals surface area (Å²) in [6.45, 7) is 5.36. The van der Waals surface area contributed by atoms with Gasteiger partial charge in [0.25, 0.3) is 0 Å². The molecule has 0 saturated carbocycles. The average Bonchev–Trinajstić information content (AvgIpc) is 3.10. The Bertz CT molecular complexity index is 810. The van der Waals surface area contributed by atoms with Gasteiger partial charge in [-0.25, -0.2) is 4.98 Å². The summed E-state index contributed by atoms with van der Waals surface area (Å²) in [6.07, 6.45) is 4.97. The highest BCUT2D eigenvalue weighted by atomic mass is 32.2. The summed E-state index contributed by atoms with van der Waals surface area (Å²) in [5.41, 5.74) is 8.86. The molecular formula is C19H24N4O2S. The normalized spacial score (nSPS) is 15.2. The molecular weight excluding hydrogens is 348 g/mol. The lowest BCUT2D eigenvalue weighted by Crippen LogP contribution is -2.42. The van der Waals surface area contributed by atoms with E-state index in [0.717, 1.165) is 10.8 Å². The fraction of sp³-hybridized carbons (Fsp3) is 0.421. The molecule has 2 N–H and O–H groups in total. The van der Waals surface area contributed by atoms with Crippen molar-refractivity contribution in [3.8, 4) is 5.69 Å². The van der Waals surface area contributed by atoms with E-state index in [1.54, 1.807) is 6.20 Å². The number of benzene rings is 1. The minimum Gasteiger partial charge on any atom is -0.369 e. The second-order valence-corrected chi connectivity index (χ2v) is 7.64. The number of piperidine rings is 1. The second kappa shape index (κ2) is 7.95. The van der Waals surface area contributed by atoms with Gasteiger partial charge in [-0.15, -0.1) is 0 Å². The van der Waals surface area contributed by atoms with Crippen molar-refractivity contribution in [1.82, 2.24) is 14.5 Å². The number of nitrogens with zero attached hydrogens (tertiary/aromatic N) is 3. The molecule has 2 aromatic rings. The van der Waals surface area contributed by atoms with Gasteiger partial charge in [0, 0.05) is 37.1 Å². The van der Waals surface area contributed by atoms with Crippen LogP contribution in [0, 0.1) is 19.8 Å². The first-order chi connectivity index (χ1) is 12.5. The van der Waals surface area contributed by atoms with Gasteiger partial charge < -0.3 is 10.6 Å². The van der Waals surface area contributed by atoms with Crippen molar-refractivity contribution in [3.05, 3.63) is 41.7 Å². The van der Waals surface area contributed by atoms with Gasteiger partial charge in [0.1, 0.15) is 0 Å². The van der Waals surface area contributed by atoms with E-state index in [4.69, 9.17) is 5.73 Å². The Morgan fingerprint density at radius 2 is 1.96 bits per heavy atom. The minimum absolute atomic E-state index is 0.0764. The first-order valence-electron chi connectivity index (χ1n) is 8.76. The molecule has 26 heavy (non-hydrogen) atoms. The Morgan fingerprint density at radius 3 is 2.62 bits per heavy atom. The van der Waals surface area contributed by atoms with Crippen LogP contribution in [0.4, 0.5) is 0 Å². The molecule has 2 amide bonds. The molecule has 1 aromatic heterocycles. The van der Waals surface area contributed by atoms with Crippen LogP contribution in [0.3, 0.4) is 0 Å². The van der Waals surface area contributed by atoms with Crippen molar-refractivity contribution < 1.29 is 9.59 Å². The molecule has 1 aliphatic heterocycles. The summed E-state index contributed by atoms with van der Waals surface area (Å²) in [6, 6.07) is 6.27. The first-order valence-corrected chi connectivity index (χ1v) is 9.75. The molecule has 0 unspecified atom stereocenters. The van der Waals surface area contributed by atoms with E-state index < -0.39 is 0 Å². The highest BCUT2D eigenvalue weighted by Gasteiger charge is 2.26. The van der Waals surface area contributed by atoms with Crippen molar-refractivity contribution in [1.29, 1.82) is 0 Å². The molecule has 3 rings (SSSR count). The number of aryl methyl sites for hydroxylation is 2. The Hall–Kier alpha value is -2.28. The van der Waals surface area contributed by atoms with Crippen LogP contribution in [0.2, 0.25) is 0 Å². The number of aromatic nitrogens is 2. The molecule has 1 saturated heterocycles. The second-order valence-electron chi connectivity index (χ2n) is 6.69. The largest absolute Gasteiger partial charge is 0.369 e. The average molecular weight is 372 g/mol. The van der Waals surface area contributed by atoms with Crippen LogP contribution in [-0.2, 0) is 9.59 Å². The number of hydrogen-bond acceptors (Lipinski definition) is 4. The third-order valence-corrected chi connectivity index (χ3v) is 5.90. The van der Waals surface area contributed by atoms with Crippen LogP contribution in [0.5, 0.6) is 0 Å². The number of primary amides is 1. The van der Waals surface area contributed by atoms with Crippen molar-refractivity contribution in [2.75, 3.05) is 18.8 Å². The SMILES string of the molecule is Cc1ccc(-n2ccnc2SCC(=O)N2CCC(C(N)=O)CC2)cc1C. The monoisotopic (exact) mass is 372 g/mol. The lowest BCUT2D eigenvalue weighted by Gasteiger charge is -2.30. The van der Waals surface area contributed by atoms with E-state index >= 15 is 0 Å². The van der Waals surface area contributed by atoms with Gasteiger partial charge >= 0.3 is 0 Å². The molecule has 0 radical (unpaired) electrons. The van der Waals surface area contributed by atoms with E-state index in [-0.39, 0.29) is 17.7 Å². The zero-order valence-electron chi connectivity index (χ0n) is 15.1. The maximum absolute atomic E-state index is 12.5. The van der Waals surface area contributed by atoms with Gasteiger partial charge in [-0.2, -0.15) is 0 Å². The third-order valence-electron chi connectivity index (χ3n) is 4.95. The Kier molecular flexibility index (Phi) is 5.66. The zero-order valence-corrected chi connectivity index (χ0v) is 16.0. The molecule has 0 atom stereocenters. The smallest absolute Gasteiger partial charge is 0.233 e. The number of amides is 2. The number of carbonyl (C=O) groups excluding carboxylic acids is 2. The minimum atomic E-state index is -0.262. The van der Waals surface area contributed by atoms with Gasteiger partial charge in [0.15, 0.2) is 5.16 Å². The molecule has 6 nitrogen and oxygen atoms in total. The van der Waals surface area contributed by atoms with Crippen LogP contribution in [0.25, 0.3) is 5.69 Å². The van der Waals surface area contributed by atoms with Crippen LogP contribution in [0.1, 0.15) is 24.0 Å². The number of imidazole rings is 1. The standard InChI is InChI=1S/C19H24N4O2S/c1-13-3-4-16(11-14(13)2)23-10-7-21-19(23)26-12-17(24)22-8-5-15(6-9-22)18(20)25/h3-4,7,10-11,15H,5-6,8-9,12H2,1-2H3,(H2,20,25). The summed E-state index contributed by atoms with van der Waals surface area (Å²) < 4.78 is 2.00. The van der Waals surface area contributed by atoms with E-state index in [1.807, 2.05) is 15.7 Å². The molecule has 138 valence electrons. The predicted octanol–water partition coefficient (Wildman–Crippen LogP) is 2.31. The summed E-state index contributed by atoms with van der Waals surface area (Å²) >= 11 is 1.44. The van der Waals surface area contributed by atoms with E-state index in [0.29, 0.717) is 31.7 Å². The molecule has 1 aliphatic rings. The summed E-state index contributed by atoms with van der Waals surface area (Å²) in [5.74, 6) is 0.0492. The number of hydrogen-bond donors (Lipinski definition) is 1. The highest BCUT2D eigenvalue weighted by Crippen LogP contribution is 2.23. The third kappa shape index (κ3) is 4.09. The topological polar surface area (TPSA) is 81.2 Å². The number of thioether (sulfide) groups is 1. The summed E-state index contributed by atoms with van der Waals surface area (Å²) in [7, 11) is 0. The number of carbonyl (C=O) groups is 2. The molecule has 0 bridgehead atoms. The van der Waals surface area contributed by atoms with E-state index in [2.05, 4.69) is 37.0 Å². The highest BCUT2D eigenvalue weighted by molar-refractivity contribution is 7.99. The maximum atomic E-state index is 12.5. The van der Waals surface area contributed by atoms with Gasteiger partial charge in [-0.3, -0.25) is 14.2 Å². The van der Waals surface area contributed by atoms with Crippen LogP contribution in [0.15, 0.2) is 35.7 Å². The number of rotatable bonds is 5. The number of likely N-dealkylation sites (tertiary alicyclic amines) is 1. The van der Waals surface area contributed by atoms with Gasteiger partial charge in [-0.05, 0) is 49.9 Å². The van der Waals surface area contributed by atoms with Gasteiger partial charge in [0.2, 0.25) is 11.8 Å². The van der Waals surface area contributed by atoms with Crippen molar-refractivity contribution >= 4 is 23.6 Å². The van der Waals surface area contributed by atoms with Gasteiger partial charge in [-0.1, -0.05) is 17.8 Å². The quantitative estimate of drug-likeness (QED) is 0.817. The van der Waals surface area contributed by atoms with Crippen molar-refractivity contribution in [3.63, 3.8) is 0 Å².